The average molecular weight is 311 g/mol. The first-order valence-electron chi connectivity index (χ1n) is 9.57. The molecule has 0 aliphatic heterocycles. The molecule has 1 unspecified atom stereocenters. The second-order valence-electron chi connectivity index (χ2n) is 6.23. The van der Waals surface area contributed by atoms with Crippen molar-refractivity contribution >= 4 is 5.97 Å². The van der Waals surface area contributed by atoms with Gasteiger partial charge in [-0.15, -0.1) is 0 Å². The highest BCUT2D eigenvalue weighted by molar-refractivity contribution is 5.72. The fourth-order valence-corrected chi connectivity index (χ4v) is 2.49. The van der Waals surface area contributed by atoms with Gasteiger partial charge in [-0.05, 0) is 38.5 Å². The van der Waals surface area contributed by atoms with Crippen LogP contribution in [0.5, 0.6) is 0 Å². The predicted octanol–water partition coefficient (Wildman–Crippen LogP) is 6.44. The van der Waals surface area contributed by atoms with Gasteiger partial charge in [-0.1, -0.05) is 71.4 Å². The zero-order valence-corrected chi connectivity index (χ0v) is 15.2. The van der Waals surface area contributed by atoms with E-state index in [2.05, 4.69) is 32.9 Å². The first-order valence-corrected chi connectivity index (χ1v) is 9.57. The Bertz CT molecular complexity index is 271. The number of hydrogen-bond acceptors (Lipinski definition) is 2. The van der Waals surface area contributed by atoms with E-state index in [0.717, 1.165) is 32.1 Å². The van der Waals surface area contributed by atoms with Gasteiger partial charge >= 0.3 is 5.97 Å². The molecule has 0 rings (SSSR count). The summed E-state index contributed by atoms with van der Waals surface area (Å²) in [7, 11) is 0. The van der Waals surface area contributed by atoms with Crippen LogP contribution in [-0.2, 0) is 9.53 Å². The van der Waals surface area contributed by atoms with Gasteiger partial charge in [0.05, 0.1) is 12.5 Å². The summed E-state index contributed by atoms with van der Waals surface area (Å²) < 4.78 is 5.33. The third-order valence-electron chi connectivity index (χ3n) is 4.13. The monoisotopic (exact) mass is 310 g/mol. The summed E-state index contributed by atoms with van der Waals surface area (Å²) in [4.78, 5) is 11.9. The summed E-state index contributed by atoms with van der Waals surface area (Å²) >= 11 is 0. The lowest BCUT2D eigenvalue weighted by Crippen LogP contribution is -2.17. The normalized spacial score (nSPS) is 12.7. The van der Waals surface area contributed by atoms with Gasteiger partial charge in [-0.2, -0.15) is 0 Å². The van der Waals surface area contributed by atoms with Gasteiger partial charge in [0.25, 0.3) is 0 Å². The minimum atomic E-state index is 0.0230. The summed E-state index contributed by atoms with van der Waals surface area (Å²) in [5, 5.41) is 0. The van der Waals surface area contributed by atoms with Crippen molar-refractivity contribution < 1.29 is 9.53 Å². The zero-order valence-electron chi connectivity index (χ0n) is 15.2. The lowest BCUT2D eigenvalue weighted by molar-refractivity contribution is -0.149. The molecular formula is C20H38O2. The molecule has 0 saturated carbocycles. The van der Waals surface area contributed by atoms with E-state index in [4.69, 9.17) is 4.74 Å². The Morgan fingerprint density at radius 1 is 0.864 bits per heavy atom. The highest BCUT2D eigenvalue weighted by atomic mass is 16.5. The summed E-state index contributed by atoms with van der Waals surface area (Å²) in [5.41, 5.74) is 0. The van der Waals surface area contributed by atoms with E-state index in [1.807, 2.05) is 0 Å². The number of esters is 1. The van der Waals surface area contributed by atoms with Gasteiger partial charge in [0.15, 0.2) is 0 Å². The number of carbonyl (C=O) groups excluding carboxylic acids is 1. The van der Waals surface area contributed by atoms with Crippen molar-refractivity contribution in [2.45, 2.75) is 97.8 Å². The molecule has 0 bridgehead atoms. The first kappa shape index (κ1) is 21.2. The molecule has 0 aromatic heterocycles. The molecule has 0 aromatic carbocycles. The molecule has 0 aliphatic carbocycles. The Balaban J connectivity index is 3.54. The minimum Gasteiger partial charge on any atom is -0.465 e. The van der Waals surface area contributed by atoms with Crippen LogP contribution in [0.1, 0.15) is 97.8 Å². The van der Waals surface area contributed by atoms with Crippen molar-refractivity contribution in [3.05, 3.63) is 12.2 Å². The second kappa shape index (κ2) is 16.6. The fourth-order valence-electron chi connectivity index (χ4n) is 2.49. The van der Waals surface area contributed by atoms with Gasteiger partial charge in [-0.3, -0.25) is 4.79 Å². The van der Waals surface area contributed by atoms with Crippen LogP contribution in [-0.4, -0.2) is 12.6 Å². The van der Waals surface area contributed by atoms with Crippen molar-refractivity contribution in [1.29, 1.82) is 0 Å². The van der Waals surface area contributed by atoms with Gasteiger partial charge < -0.3 is 4.74 Å². The molecule has 0 heterocycles. The summed E-state index contributed by atoms with van der Waals surface area (Å²) in [6, 6.07) is 0. The number of allylic oxidation sites excluding steroid dienone is 2. The Hall–Kier alpha value is -0.790. The number of rotatable bonds is 15. The van der Waals surface area contributed by atoms with E-state index in [1.165, 1.54) is 44.9 Å². The largest absolute Gasteiger partial charge is 0.465 e. The van der Waals surface area contributed by atoms with Crippen molar-refractivity contribution in [3.8, 4) is 0 Å². The lowest BCUT2D eigenvalue weighted by Gasteiger charge is -2.13. The van der Waals surface area contributed by atoms with E-state index >= 15 is 0 Å². The molecule has 0 amide bonds. The van der Waals surface area contributed by atoms with Crippen LogP contribution in [0.4, 0.5) is 0 Å². The Morgan fingerprint density at radius 2 is 1.50 bits per heavy atom. The second-order valence-corrected chi connectivity index (χ2v) is 6.23. The van der Waals surface area contributed by atoms with Gasteiger partial charge in [0.1, 0.15) is 0 Å². The summed E-state index contributed by atoms with van der Waals surface area (Å²) in [5.74, 6) is 0.139. The molecule has 22 heavy (non-hydrogen) atoms. The summed E-state index contributed by atoms with van der Waals surface area (Å²) in [6.07, 6.45) is 18.6. The average Bonchev–Trinajstić information content (AvgIpc) is 2.53. The quantitative estimate of drug-likeness (QED) is 0.197. The minimum absolute atomic E-state index is 0.0230. The Labute approximate surface area is 138 Å². The third-order valence-corrected chi connectivity index (χ3v) is 4.13. The van der Waals surface area contributed by atoms with Crippen LogP contribution in [0, 0.1) is 5.92 Å². The van der Waals surface area contributed by atoms with Gasteiger partial charge in [-0.25, -0.2) is 0 Å². The predicted molar refractivity (Wildman–Crippen MR) is 96.0 cm³/mol. The molecule has 0 saturated heterocycles. The SMILES string of the molecule is CCCC/C=C\CCCCCCC(CC)C(=O)OCCCC. The van der Waals surface area contributed by atoms with E-state index in [-0.39, 0.29) is 11.9 Å². The van der Waals surface area contributed by atoms with Crippen molar-refractivity contribution in [1.82, 2.24) is 0 Å². The number of unbranched alkanes of at least 4 members (excludes halogenated alkanes) is 7. The first-order chi connectivity index (χ1) is 10.8. The molecule has 0 N–H and O–H groups in total. The van der Waals surface area contributed by atoms with Crippen LogP contribution in [0.15, 0.2) is 12.2 Å². The Kier molecular flexibility index (Phi) is 16.0. The molecule has 0 aliphatic rings. The number of ether oxygens (including phenoxy) is 1. The van der Waals surface area contributed by atoms with Crippen LogP contribution in [0.2, 0.25) is 0 Å². The van der Waals surface area contributed by atoms with Gasteiger partial charge in [0, 0.05) is 0 Å². The maximum Gasteiger partial charge on any atom is 0.308 e. The fraction of sp³-hybridized carbons (Fsp3) is 0.850. The van der Waals surface area contributed by atoms with E-state index < -0.39 is 0 Å². The molecule has 0 spiro atoms. The smallest absolute Gasteiger partial charge is 0.308 e. The van der Waals surface area contributed by atoms with Crippen molar-refractivity contribution in [2.24, 2.45) is 5.92 Å². The van der Waals surface area contributed by atoms with E-state index in [0.29, 0.717) is 6.61 Å². The van der Waals surface area contributed by atoms with Crippen LogP contribution < -0.4 is 0 Å². The Morgan fingerprint density at radius 3 is 2.14 bits per heavy atom. The molecule has 1 atom stereocenters. The number of carbonyl (C=O) groups is 1. The molecule has 130 valence electrons. The molecule has 0 fully saturated rings. The van der Waals surface area contributed by atoms with Crippen LogP contribution in [0.25, 0.3) is 0 Å². The van der Waals surface area contributed by atoms with Crippen molar-refractivity contribution in [3.63, 3.8) is 0 Å². The van der Waals surface area contributed by atoms with Gasteiger partial charge in [0.2, 0.25) is 0 Å². The summed E-state index contributed by atoms with van der Waals surface area (Å²) in [6.45, 7) is 7.03. The molecule has 0 aromatic rings. The maximum absolute atomic E-state index is 11.9. The topological polar surface area (TPSA) is 26.3 Å². The zero-order chi connectivity index (χ0) is 16.5. The van der Waals surface area contributed by atoms with E-state index in [9.17, 15) is 4.79 Å². The molecule has 0 radical (unpaired) electrons. The highest BCUT2D eigenvalue weighted by Crippen LogP contribution is 2.16. The third kappa shape index (κ3) is 12.9. The van der Waals surface area contributed by atoms with Crippen molar-refractivity contribution in [2.75, 3.05) is 6.61 Å². The highest BCUT2D eigenvalue weighted by Gasteiger charge is 2.16. The molecular weight excluding hydrogens is 272 g/mol. The lowest BCUT2D eigenvalue weighted by atomic mass is 9.98. The maximum atomic E-state index is 11.9. The number of hydrogen-bond donors (Lipinski definition) is 0. The standard InChI is InChI=1S/C20H38O2/c1-4-7-9-10-11-12-13-14-15-16-17-19(6-3)20(21)22-18-8-5-2/h10-11,19H,4-9,12-18H2,1-3H3/b11-10-. The van der Waals surface area contributed by atoms with Crippen LogP contribution in [0.3, 0.4) is 0 Å². The molecule has 2 heteroatoms. The van der Waals surface area contributed by atoms with E-state index in [1.54, 1.807) is 0 Å². The molecule has 2 nitrogen and oxygen atoms in total. The van der Waals surface area contributed by atoms with Crippen LogP contribution >= 0.6 is 0 Å².